The fourth-order valence-electron chi connectivity index (χ4n) is 5.48. The summed E-state index contributed by atoms with van der Waals surface area (Å²) in [5, 5.41) is 0. The van der Waals surface area contributed by atoms with Gasteiger partial charge in [-0.05, 0) is 58.9 Å². The molecule has 0 atom stereocenters. The van der Waals surface area contributed by atoms with E-state index in [2.05, 4.69) is 76.9 Å². The Kier molecular flexibility index (Phi) is 5.87. The highest BCUT2D eigenvalue weighted by Gasteiger charge is 2.54. The van der Waals surface area contributed by atoms with Crippen LogP contribution < -0.4 is 4.74 Å². The van der Waals surface area contributed by atoms with Crippen LogP contribution in [0.15, 0.2) is 89.8 Å². The van der Waals surface area contributed by atoms with Crippen molar-refractivity contribution >= 4 is 0 Å². The number of rotatable bonds is 5. The van der Waals surface area contributed by atoms with Crippen LogP contribution in [0.2, 0.25) is 0 Å². The molecule has 2 aromatic heterocycles. The average molecular weight is 441 g/mol. The van der Waals surface area contributed by atoms with E-state index >= 15 is 0 Å². The van der Waals surface area contributed by atoms with Crippen LogP contribution in [0.25, 0.3) is 11.5 Å². The van der Waals surface area contributed by atoms with Gasteiger partial charge >= 0.3 is 0 Å². The zero-order valence-corrected chi connectivity index (χ0v) is 20.3. The van der Waals surface area contributed by atoms with Crippen LogP contribution in [-0.4, -0.2) is 9.97 Å². The Morgan fingerprint density at radius 1 is 0.697 bits per heavy atom. The molecule has 0 spiro atoms. The fourth-order valence-corrected chi connectivity index (χ4v) is 5.48. The summed E-state index contributed by atoms with van der Waals surface area (Å²) in [4.78, 5) is 9.10. The predicted molar refractivity (Wildman–Crippen MR) is 132 cm³/mol. The summed E-state index contributed by atoms with van der Waals surface area (Å²) in [5.74, 6) is 2.09. The van der Waals surface area contributed by atoms with Gasteiger partial charge in [-0.15, -0.1) is 0 Å². The van der Waals surface area contributed by atoms with E-state index in [9.17, 15) is 0 Å². The van der Waals surface area contributed by atoms with Crippen molar-refractivity contribution in [1.29, 1.82) is 0 Å². The maximum absolute atomic E-state index is 6.32. The standard InChI is InChI=1S/C29H32N2O2/c1-27(2,3)29(28(4,5)6,25-15-7-8-16-30-25)22-12-10-14-24(20-22)33-23-13-9-11-21(19-23)26-31-17-18-32-26/h7-20H,1-6H3. The van der Waals surface area contributed by atoms with E-state index in [0.717, 1.165) is 22.8 Å². The molecular formula is C29H32N2O2. The van der Waals surface area contributed by atoms with E-state index < -0.39 is 0 Å². The summed E-state index contributed by atoms with van der Waals surface area (Å²) in [6.45, 7) is 13.8. The molecule has 4 nitrogen and oxygen atoms in total. The summed E-state index contributed by atoms with van der Waals surface area (Å²) < 4.78 is 11.8. The summed E-state index contributed by atoms with van der Waals surface area (Å²) in [7, 11) is 0. The second-order valence-corrected chi connectivity index (χ2v) is 10.5. The summed E-state index contributed by atoms with van der Waals surface area (Å²) >= 11 is 0. The monoisotopic (exact) mass is 440 g/mol. The van der Waals surface area contributed by atoms with Gasteiger partial charge in [0.25, 0.3) is 0 Å². The molecule has 0 saturated carbocycles. The van der Waals surface area contributed by atoms with Gasteiger partial charge in [0.15, 0.2) is 0 Å². The Labute approximate surface area is 196 Å². The molecule has 170 valence electrons. The first-order valence-corrected chi connectivity index (χ1v) is 11.3. The number of aromatic nitrogens is 2. The first-order chi connectivity index (χ1) is 15.6. The SMILES string of the molecule is CC(C)(C)C(c1cccc(Oc2cccc(-c3ncco3)c2)c1)(c1ccccn1)C(C)(C)C. The van der Waals surface area contributed by atoms with Gasteiger partial charge in [0.2, 0.25) is 5.89 Å². The van der Waals surface area contributed by atoms with E-state index in [1.54, 1.807) is 12.5 Å². The molecule has 0 N–H and O–H groups in total. The van der Waals surface area contributed by atoms with Gasteiger partial charge in [0.05, 0.1) is 11.9 Å². The molecule has 0 aliphatic carbocycles. The summed E-state index contributed by atoms with van der Waals surface area (Å²) in [5.41, 5.74) is 2.56. The number of hydrogen-bond donors (Lipinski definition) is 0. The van der Waals surface area contributed by atoms with E-state index in [4.69, 9.17) is 14.1 Å². The molecule has 0 aliphatic rings. The highest BCUT2D eigenvalue weighted by molar-refractivity contribution is 5.56. The largest absolute Gasteiger partial charge is 0.457 e. The second kappa shape index (κ2) is 8.51. The van der Waals surface area contributed by atoms with Crippen LogP contribution in [0.5, 0.6) is 11.5 Å². The molecule has 4 aromatic rings. The molecule has 33 heavy (non-hydrogen) atoms. The lowest BCUT2D eigenvalue weighted by Crippen LogP contribution is -2.51. The van der Waals surface area contributed by atoms with Crippen molar-refractivity contribution in [3.8, 4) is 23.0 Å². The molecule has 0 fully saturated rings. The second-order valence-electron chi connectivity index (χ2n) is 10.5. The third kappa shape index (κ3) is 4.18. The van der Waals surface area contributed by atoms with E-state index in [1.807, 2.05) is 42.6 Å². The zero-order valence-electron chi connectivity index (χ0n) is 20.3. The van der Waals surface area contributed by atoms with Crippen molar-refractivity contribution in [2.75, 3.05) is 0 Å². The first-order valence-electron chi connectivity index (χ1n) is 11.3. The summed E-state index contributed by atoms with van der Waals surface area (Å²) in [6.07, 6.45) is 5.10. The number of nitrogens with zero attached hydrogens (tertiary/aromatic N) is 2. The van der Waals surface area contributed by atoms with Crippen LogP contribution in [0.1, 0.15) is 52.8 Å². The number of hydrogen-bond acceptors (Lipinski definition) is 4. The third-order valence-corrected chi connectivity index (χ3v) is 6.32. The van der Waals surface area contributed by atoms with E-state index in [0.29, 0.717) is 5.89 Å². The molecule has 0 unspecified atom stereocenters. The number of oxazole rings is 1. The van der Waals surface area contributed by atoms with Crippen LogP contribution in [-0.2, 0) is 5.41 Å². The van der Waals surface area contributed by atoms with Crippen molar-refractivity contribution in [3.63, 3.8) is 0 Å². The van der Waals surface area contributed by atoms with Crippen LogP contribution in [0, 0.1) is 10.8 Å². The molecule has 2 heterocycles. The molecule has 0 amide bonds. The van der Waals surface area contributed by atoms with Gasteiger partial charge in [-0.2, -0.15) is 0 Å². The number of pyridine rings is 1. The van der Waals surface area contributed by atoms with Gasteiger partial charge in [0, 0.05) is 17.2 Å². The molecular weight excluding hydrogens is 408 g/mol. The Hall–Kier alpha value is -3.40. The van der Waals surface area contributed by atoms with Crippen molar-refractivity contribution in [2.24, 2.45) is 10.8 Å². The average Bonchev–Trinajstić information content (AvgIpc) is 3.28. The van der Waals surface area contributed by atoms with Gasteiger partial charge in [-0.1, -0.05) is 65.8 Å². The lowest BCUT2D eigenvalue weighted by molar-refractivity contribution is 0.0863. The Bertz CT molecular complexity index is 1190. The Balaban J connectivity index is 1.80. The molecule has 0 aliphatic heterocycles. The molecule has 0 radical (unpaired) electrons. The van der Waals surface area contributed by atoms with Gasteiger partial charge < -0.3 is 9.15 Å². The minimum Gasteiger partial charge on any atom is -0.457 e. The van der Waals surface area contributed by atoms with Gasteiger partial charge in [-0.3, -0.25) is 4.98 Å². The van der Waals surface area contributed by atoms with Gasteiger partial charge in [-0.25, -0.2) is 4.98 Å². The molecule has 4 heteroatoms. The maximum atomic E-state index is 6.32. The quantitative estimate of drug-likeness (QED) is 0.316. The molecule has 4 rings (SSSR count). The zero-order chi connectivity index (χ0) is 23.7. The topological polar surface area (TPSA) is 48.2 Å². The lowest BCUT2D eigenvalue weighted by Gasteiger charge is -2.53. The van der Waals surface area contributed by atoms with Gasteiger partial charge in [0.1, 0.15) is 17.8 Å². The van der Waals surface area contributed by atoms with Crippen molar-refractivity contribution in [1.82, 2.24) is 9.97 Å². The lowest BCUT2D eigenvalue weighted by atomic mass is 9.49. The molecule has 0 bridgehead atoms. The Morgan fingerprint density at radius 2 is 1.39 bits per heavy atom. The predicted octanol–water partition coefficient (Wildman–Crippen LogP) is 7.91. The summed E-state index contributed by atoms with van der Waals surface area (Å²) in [6, 6.07) is 22.4. The van der Waals surface area contributed by atoms with Crippen molar-refractivity contribution < 1.29 is 9.15 Å². The highest BCUT2D eigenvalue weighted by atomic mass is 16.5. The van der Waals surface area contributed by atoms with Crippen LogP contribution >= 0.6 is 0 Å². The van der Waals surface area contributed by atoms with Crippen molar-refractivity contribution in [3.05, 3.63) is 96.6 Å². The normalized spacial score (nSPS) is 12.5. The Morgan fingerprint density at radius 3 is 2.00 bits per heavy atom. The highest BCUT2D eigenvalue weighted by Crippen LogP contribution is 2.57. The molecule has 2 aromatic carbocycles. The minimum absolute atomic E-state index is 0.108. The first kappa shape index (κ1) is 22.8. The van der Waals surface area contributed by atoms with Crippen molar-refractivity contribution in [2.45, 2.75) is 47.0 Å². The third-order valence-electron chi connectivity index (χ3n) is 6.32. The van der Waals surface area contributed by atoms with Crippen LogP contribution in [0.3, 0.4) is 0 Å². The molecule has 0 saturated heterocycles. The number of benzene rings is 2. The minimum atomic E-state index is -0.347. The van der Waals surface area contributed by atoms with E-state index in [-0.39, 0.29) is 16.2 Å². The van der Waals surface area contributed by atoms with Crippen LogP contribution in [0.4, 0.5) is 0 Å². The maximum Gasteiger partial charge on any atom is 0.225 e. The smallest absolute Gasteiger partial charge is 0.225 e. The fraction of sp³-hybridized carbons (Fsp3) is 0.310. The number of ether oxygens (including phenoxy) is 1. The van der Waals surface area contributed by atoms with E-state index in [1.165, 1.54) is 5.56 Å².